The summed E-state index contributed by atoms with van der Waals surface area (Å²) >= 11 is 6.02. The van der Waals surface area contributed by atoms with Crippen LogP contribution in [0.2, 0.25) is 5.02 Å². The molecule has 14 heteroatoms. The first-order chi connectivity index (χ1) is 20.0. The van der Waals surface area contributed by atoms with Gasteiger partial charge in [-0.2, -0.15) is 0 Å². The van der Waals surface area contributed by atoms with Crippen LogP contribution in [0, 0.1) is 5.82 Å². The molecule has 2 atom stereocenters. The predicted octanol–water partition coefficient (Wildman–Crippen LogP) is 3.71. The molecule has 0 spiro atoms. The summed E-state index contributed by atoms with van der Waals surface area (Å²) in [6, 6.07) is 4.91. The molecule has 1 aliphatic heterocycles. The summed E-state index contributed by atoms with van der Waals surface area (Å²) in [4.78, 5) is 48.5. The monoisotopic (exact) mass is 601 g/mol. The van der Waals surface area contributed by atoms with Crippen molar-refractivity contribution in [2.75, 3.05) is 44.1 Å². The largest absolute Gasteiger partial charge is 0.486 e. The second-order valence-corrected chi connectivity index (χ2v) is 10.1. The molecule has 1 saturated heterocycles. The molecule has 42 heavy (non-hydrogen) atoms. The molecular formula is C28H29ClFN5O7. The number of hydrogen-bond acceptors (Lipinski definition) is 9. The Kier molecular flexibility index (Phi) is 9.88. The lowest BCUT2D eigenvalue weighted by Gasteiger charge is -2.30. The van der Waals surface area contributed by atoms with Gasteiger partial charge in [-0.1, -0.05) is 17.7 Å². The molecule has 0 bridgehead atoms. The van der Waals surface area contributed by atoms with Gasteiger partial charge in [-0.15, -0.1) is 0 Å². The number of fused-ring (bicyclic) bond motifs is 1. The SMILES string of the molecule is CN(C)C/C=C/C(=O)Nc1cc2c(N(c3ccc(F)c(Cl)c3)C(CC(=O)O)C(=O)O)ncnc2cc1O[C@H]1CCOC1. The average Bonchev–Trinajstić information content (AvgIpc) is 3.43. The van der Waals surface area contributed by atoms with Crippen molar-refractivity contribution in [3.63, 3.8) is 0 Å². The van der Waals surface area contributed by atoms with Crippen LogP contribution < -0.4 is 15.0 Å². The minimum atomic E-state index is -1.67. The van der Waals surface area contributed by atoms with E-state index < -0.39 is 36.1 Å². The Morgan fingerprint density at radius 2 is 2.02 bits per heavy atom. The van der Waals surface area contributed by atoms with E-state index in [-0.39, 0.29) is 33.7 Å². The molecule has 3 aromatic rings. The Morgan fingerprint density at radius 3 is 2.67 bits per heavy atom. The molecule has 0 radical (unpaired) electrons. The number of benzene rings is 2. The lowest BCUT2D eigenvalue weighted by Crippen LogP contribution is -2.40. The van der Waals surface area contributed by atoms with Gasteiger partial charge in [-0.3, -0.25) is 9.59 Å². The van der Waals surface area contributed by atoms with Crippen LogP contribution in [0.15, 0.2) is 48.8 Å². The Bertz CT molecular complexity index is 1510. The molecule has 12 nitrogen and oxygen atoms in total. The van der Waals surface area contributed by atoms with Crippen molar-refractivity contribution in [2.45, 2.75) is 25.0 Å². The Labute approximate surface area is 245 Å². The van der Waals surface area contributed by atoms with E-state index in [0.29, 0.717) is 37.4 Å². The summed E-state index contributed by atoms with van der Waals surface area (Å²) in [5.74, 6) is -3.75. The molecule has 2 aromatic carbocycles. The van der Waals surface area contributed by atoms with E-state index >= 15 is 0 Å². The summed E-state index contributed by atoms with van der Waals surface area (Å²) < 4.78 is 25.6. The highest BCUT2D eigenvalue weighted by Gasteiger charge is 2.33. The number of ether oxygens (including phenoxy) is 2. The maximum Gasteiger partial charge on any atom is 0.327 e. The van der Waals surface area contributed by atoms with E-state index in [4.69, 9.17) is 21.1 Å². The number of aromatic nitrogens is 2. The predicted molar refractivity (Wildman–Crippen MR) is 153 cm³/mol. The highest BCUT2D eigenvalue weighted by molar-refractivity contribution is 6.31. The van der Waals surface area contributed by atoms with Crippen molar-refractivity contribution in [1.29, 1.82) is 0 Å². The highest BCUT2D eigenvalue weighted by Crippen LogP contribution is 2.39. The number of amides is 1. The Balaban J connectivity index is 1.88. The fourth-order valence-electron chi connectivity index (χ4n) is 4.33. The number of carboxylic acid groups (broad SMARTS) is 2. The third-order valence-corrected chi connectivity index (χ3v) is 6.56. The summed E-state index contributed by atoms with van der Waals surface area (Å²) in [6.45, 7) is 1.41. The van der Waals surface area contributed by atoms with E-state index in [0.717, 1.165) is 11.0 Å². The Morgan fingerprint density at radius 1 is 1.24 bits per heavy atom. The highest BCUT2D eigenvalue weighted by atomic mass is 35.5. The third kappa shape index (κ3) is 7.49. The van der Waals surface area contributed by atoms with Gasteiger partial charge in [0.15, 0.2) is 0 Å². The second-order valence-electron chi connectivity index (χ2n) is 9.74. The minimum Gasteiger partial charge on any atom is -0.486 e. The standard InChI is InChI=1S/C28H29ClFN5O7/c1-34(2)8-3-4-25(36)33-22-11-18-21(12-24(22)42-17-7-9-41-14-17)31-15-32-27(18)35(23(28(39)40)13-26(37)38)16-5-6-20(30)19(29)10-16/h3-6,10-12,15,17,23H,7-9,13-14H2,1-2H3,(H,33,36)(H,37,38)(H,39,40)/b4-3+/t17-,23?/m0/s1. The zero-order valence-electron chi connectivity index (χ0n) is 22.8. The molecule has 2 heterocycles. The van der Waals surface area contributed by atoms with Crippen LogP contribution in [-0.4, -0.2) is 88.9 Å². The van der Waals surface area contributed by atoms with Crippen LogP contribution in [0.5, 0.6) is 5.75 Å². The number of likely N-dealkylation sites (N-methyl/N-ethyl adjacent to an activating group) is 1. The van der Waals surface area contributed by atoms with Crippen LogP contribution in [0.1, 0.15) is 12.8 Å². The van der Waals surface area contributed by atoms with Crippen LogP contribution in [0.4, 0.5) is 21.6 Å². The molecule has 4 rings (SSSR count). The number of carbonyl (C=O) groups excluding carboxylic acids is 1. The fourth-order valence-corrected chi connectivity index (χ4v) is 4.50. The van der Waals surface area contributed by atoms with Gasteiger partial charge in [0.25, 0.3) is 0 Å². The number of nitrogens with zero attached hydrogens (tertiary/aromatic N) is 4. The van der Waals surface area contributed by atoms with Gasteiger partial charge in [-0.05, 0) is 38.4 Å². The van der Waals surface area contributed by atoms with Gasteiger partial charge in [-0.25, -0.2) is 19.2 Å². The van der Waals surface area contributed by atoms with Gasteiger partial charge in [0.1, 0.15) is 35.9 Å². The third-order valence-electron chi connectivity index (χ3n) is 6.27. The van der Waals surface area contributed by atoms with E-state index in [9.17, 15) is 29.0 Å². The van der Waals surface area contributed by atoms with Crippen molar-refractivity contribution in [1.82, 2.24) is 14.9 Å². The van der Waals surface area contributed by atoms with E-state index in [1.165, 1.54) is 30.6 Å². The van der Waals surface area contributed by atoms with Crippen LogP contribution in [0.3, 0.4) is 0 Å². The summed E-state index contributed by atoms with van der Waals surface area (Å²) in [7, 11) is 3.72. The maximum atomic E-state index is 14.0. The molecule has 222 valence electrons. The number of nitrogens with one attached hydrogen (secondary N) is 1. The van der Waals surface area contributed by atoms with Crippen LogP contribution >= 0.6 is 11.6 Å². The second kappa shape index (κ2) is 13.6. The number of hydrogen-bond donors (Lipinski definition) is 3. The smallest absolute Gasteiger partial charge is 0.327 e. The lowest BCUT2D eigenvalue weighted by molar-refractivity contribution is -0.144. The van der Waals surface area contributed by atoms with Crippen molar-refractivity contribution in [3.8, 4) is 5.75 Å². The van der Waals surface area contributed by atoms with Crippen LogP contribution in [-0.2, 0) is 19.1 Å². The topological polar surface area (TPSA) is 154 Å². The van der Waals surface area contributed by atoms with Gasteiger partial charge >= 0.3 is 11.9 Å². The molecule has 1 amide bonds. The quantitative estimate of drug-likeness (QED) is 0.260. The molecule has 1 unspecified atom stereocenters. The van der Waals surface area contributed by atoms with Crippen molar-refractivity contribution >= 4 is 57.5 Å². The molecule has 1 aromatic heterocycles. The Hall–Kier alpha value is -4.33. The van der Waals surface area contributed by atoms with E-state index in [1.54, 1.807) is 12.1 Å². The summed E-state index contributed by atoms with van der Waals surface area (Å²) in [6.07, 6.45) is 3.78. The van der Waals surface area contributed by atoms with Gasteiger partial charge in [0, 0.05) is 36.2 Å². The number of halogens is 2. The molecule has 1 fully saturated rings. The normalized spacial score (nSPS) is 15.7. The minimum absolute atomic E-state index is 0.00859. The van der Waals surface area contributed by atoms with Gasteiger partial charge in [0.2, 0.25) is 5.91 Å². The molecular weight excluding hydrogens is 573 g/mol. The van der Waals surface area contributed by atoms with Crippen LogP contribution in [0.25, 0.3) is 10.9 Å². The van der Waals surface area contributed by atoms with Crippen molar-refractivity contribution < 1.29 is 38.5 Å². The molecule has 0 aliphatic carbocycles. The zero-order chi connectivity index (χ0) is 30.4. The summed E-state index contributed by atoms with van der Waals surface area (Å²) in [5, 5.41) is 22.3. The van der Waals surface area contributed by atoms with Gasteiger partial charge < -0.3 is 34.8 Å². The van der Waals surface area contributed by atoms with Gasteiger partial charge in [0.05, 0.1) is 35.9 Å². The van der Waals surface area contributed by atoms with E-state index in [2.05, 4.69) is 15.3 Å². The van der Waals surface area contributed by atoms with E-state index in [1.807, 2.05) is 19.0 Å². The first-order valence-corrected chi connectivity index (χ1v) is 13.3. The summed E-state index contributed by atoms with van der Waals surface area (Å²) in [5.41, 5.74) is 0.635. The molecule has 0 saturated carbocycles. The number of anilines is 3. The zero-order valence-corrected chi connectivity index (χ0v) is 23.5. The average molecular weight is 602 g/mol. The first-order valence-electron chi connectivity index (χ1n) is 12.9. The maximum absolute atomic E-state index is 14.0. The number of aliphatic carboxylic acids is 2. The number of rotatable bonds is 12. The first kappa shape index (κ1) is 30.6. The van der Waals surface area contributed by atoms with Crippen molar-refractivity contribution in [3.05, 3.63) is 59.7 Å². The molecule has 1 aliphatic rings. The number of carbonyl (C=O) groups is 3. The van der Waals surface area contributed by atoms with Crippen molar-refractivity contribution in [2.24, 2.45) is 0 Å². The lowest BCUT2D eigenvalue weighted by atomic mass is 10.1. The number of carboxylic acids is 2. The molecule has 3 N–H and O–H groups in total. The fraction of sp³-hybridized carbons (Fsp3) is 0.321.